The predicted molar refractivity (Wildman–Crippen MR) is 103 cm³/mol. The van der Waals surface area contributed by atoms with Crippen LogP contribution in [0.15, 0.2) is 35.1 Å². The molecule has 1 N–H and O–H groups in total. The molecule has 0 bridgehead atoms. The molecule has 4 rings (SSSR count). The summed E-state index contributed by atoms with van der Waals surface area (Å²) >= 11 is 0. The number of hydrogen-bond donors (Lipinski definition) is 1. The topological polar surface area (TPSA) is 71.3 Å². The molecule has 6 heteroatoms. The summed E-state index contributed by atoms with van der Waals surface area (Å²) in [5.74, 6) is 0.410. The second-order valence-corrected chi connectivity index (χ2v) is 7.83. The molecule has 2 aliphatic rings. The van der Waals surface area contributed by atoms with Gasteiger partial charge in [0.25, 0.3) is 5.91 Å². The van der Waals surface area contributed by atoms with Crippen LogP contribution in [-0.4, -0.2) is 46.1 Å². The van der Waals surface area contributed by atoms with Gasteiger partial charge in [0.1, 0.15) is 0 Å². The molecule has 0 atom stereocenters. The molecule has 1 aliphatic heterocycles. The summed E-state index contributed by atoms with van der Waals surface area (Å²) in [4.78, 5) is 19.4. The van der Waals surface area contributed by atoms with Crippen LogP contribution in [0.2, 0.25) is 0 Å². The van der Waals surface area contributed by atoms with Crippen molar-refractivity contribution in [2.45, 2.75) is 56.9 Å². The van der Waals surface area contributed by atoms with Gasteiger partial charge in [0.2, 0.25) is 0 Å². The number of carbonyl (C=O) groups excluding carboxylic acids is 1. The van der Waals surface area contributed by atoms with Crippen LogP contribution in [0, 0.1) is 0 Å². The molecule has 27 heavy (non-hydrogen) atoms. The Hall–Kier alpha value is -2.21. The monoisotopic (exact) mass is 368 g/mol. The van der Waals surface area contributed by atoms with E-state index in [0.29, 0.717) is 18.0 Å². The van der Waals surface area contributed by atoms with Gasteiger partial charge < -0.3 is 9.84 Å². The van der Waals surface area contributed by atoms with Crippen LogP contribution in [0.1, 0.15) is 61.9 Å². The average molecular weight is 368 g/mol. The summed E-state index contributed by atoms with van der Waals surface area (Å²) in [5.41, 5.74) is 1.27. The van der Waals surface area contributed by atoms with Crippen molar-refractivity contribution in [1.29, 1.82) is 0 Å². The Morgan fingerprint density at radius 1 is 1.15 bits per heavy atom. The van der Waals surface area contributed by atoms with E-state index in [1.54, 1.807) is 18.5 Å². The molecule has 0 aromatic carbocycles. The molecule has 2 fully saturated rings. The number of carbonyl (C=O) groups is 1. The summed E-state index contributed by atoms with van der Waals surface area (Å²) in [6.45, 7) is 3.01. The van der Waals surface area contributed by atoms with Gasteiger partial charge in [0.05, 0.1) is 0 Å². The minimum absolute atomic E-state index is 0.115. The molecule has 1 aliphatic carbocycles. The van der Waals surface area contributed by atoms with E-state index >= 15 is 0 Å². The molecule has 1 saturated carbocycles. The summed E-state index contributed by atoms with van der Waals surface area (Å²) in [7, 11) is 0. The van der Waals surface area contributed by atoms with Crippen molar-refractivity contribution < 1.29 is 9.32 Å². The average Bonchev–Trinajstić information content (AvgIpc) is 3.24. The van der Waals surface area contributed by atoms with Crippen LogP contribution in [0.5, 0.6) is 0 Å². The van der Waals surface area contributed by atoms with Gasteiger partial charge in [-0.05, 0) is 50.9 Å². The number of nitrogens with zero attached hydrogens (tertiary/aromatic N) is 3. The molecular weight excluding hydrogens is 340 g/mol. The lowest BCUT2D eigenvalue weighted by Gasteiger charge is -2.48. The van der Waals surface area contributed by atoms with Gasteiger partial charge in [-0.3, -0.25) is 14.7 Å². The first-order valence-electron chi connectivity index (χ1n) is 10.2. The van der Waals surface area contributed by atoms with Crippen LogP contribution in [-0.2, 0) is 0 Å². The van der Waals surface area contributed by atoms with E-state index in [9.17, 15) is 4.79 Å². The fourth-order valence-electron chi connectivity index (χ4n) is 4.55. The summed E-state index contributed by atoms with van der Waals surface area (Å²) < 4.78 is 5.34. The van der Waals surface area contributed by atoms with Gasteiger partial charge >= 0.3 is 0 Å². The number of nitrogens with one attached hydrogen (secondary N) is 1. The van der Waals surface area contributed by atoms with E-state index < -0.39 is 0 Å². The van der Waals surface area contributed by atoms with Crippen molar-refractivity contribution in [2.24, 2.45) is 0 Å². The third-order valence-electron chi connectivity index (χ3n) is 6.08. The van der Waals surface area contributed by atoms with Gasteiger partial charge in [-0.2, -0.15) is 0 Å². The number of amides is 1. The van der Waals surface area contributed by atoms with Gasteiger partial charge in [-0.15, -0.1) is 0 Å². The molecule has 2 aromatic rings. The maximum atomic E-state index is 12.7. The minimum Gasteiger partial charge on any atom is -0.355 e. The zero-order valence-electron chi connectivity index (χ0n) is 15.8. The normalized spacial score (nSPS) is 20.3. The Kier molecular flexibility index (Phi) is 5.53. The maximum absolute atomic E-state index is 12.7. The molecule has 3 heterocycles. The Bertz CT molecular complexity index is 747. The van der Waals surface area contributed by atoms with E-state index in [1.807, 2.05) is 12.1 Å². The van der Waals surface area contributed by atoms with Crippen LogP contribution in [0.4, 0.5) is 0 Å². The molecule has 0 radical (unpaired) electrons. The van der Waals surface area contributed by atoms with E-state index in [0.717, 1.165) is 18.7 Å². The first kappa shape index (κ1) is 18.2. The lowest BCUT2D eigenvalue weighted by atomic mass is 9.79. The third kappa shape index (κ3) is 4.05. The largest absolute Gasteiger partial charge is 0.355 e. The molecular formula is C21H28N4O2. The highest BCUT2D eigenvalue weighted by atomic mass is 16.5. The fourth-order valence-corrected chi connectivity index (χ4v) is 4.55. The standard InChI is InChI=1S/C21H28N4O2/c26-20(18-14-19(27-24-18)17-8-7-11-22-15-17)23-16-21(9-3-1-4-10-21)25-12-5-2-6-13-25/h7-8,11,14-15H,1-6,9-10,12-13,16H2,(H,23,26). The van der Waals surface area contributed by atoms with Crippen LogP contribution < -0.4 is 5.32 Å². The van der Waals surface area contributed by atoms with Crippen molar-refractivity contribution in [1.82, 2.24) is 20.4 Å². The highest BCUT2D eigenvalue weighted by Gasteiger charge is 2.38. The van der Waals surface area contributed by atoms with E-state index in [-0.39, 0.29) is 11.4 Å². The number of hydrogen-bond acceptors (Lipinski definition) is 5. The maximum Gasteiger partial charge on any atom is 0.273 e. The van der Waals surface area contributed by atoms with Gasteiger partial charge in [-0.1, -0.05) is 30.8 Å². The van der Waals surface area contributed by atoms with Crippen LogP contribution >= 0.6 is 0 Å². The number of rotatable bonds is 5. The summed E-state index contributed by atoms with van der Waals surface area (Å²) in [5, 5.41) is 7.12. The second kappa shape index (κ2) is 8.21. The molecule has 144 valence electrons. The first-order chi connectivity index (χ1) is 13.3. The Labute approximate surface area is 160 Å². The highest BCUT2D eigenvalue weighted by molar-refractivity contribution is 5.93. The Morgan fingerprint density at radius 2 is 1.93 bits per heavy atom. The lowest BCUT2D eigenvalue weighted by Crippen LogP contribution is -2.58. The Morgan fingerprint density at radius 3 is 2.67 bits per heavy atom. The zero-order chi connectivity index (χ0) is 18.5. The van der Waals surface area contributed by atoms with E-state index in [1.165, 1.54) is 51.4 Å². The molecule has 0 spiro atoms. The van der Waals surface area contributed by atoms with Crippen molar-refractivity contribution in [3.8, 4) is 11.3 Å². The molecule has 1 saturated heterocycles. The number of piperidine rings is 1. The van der Waals surface area contributed by atoms with E-state index in [2.05, 4.69) is 20.4 Å². The molecule has 2 aromatic heterocycles. The quantitative estimate of drug-likeness (QED) is 0.872. The second-order valence-electron chi connectivity index (χ2n) is 7.83. The fraction of sp³-hybridized carbons (Fsp3) is 0.571. The van der Waals surface area contributed by atoms with Crippen molar-refractivity contribution in [3.05, 3.63) is 36.3 Å². The van der Waals surface area contributed by atoms with Crippen molar-refractivity contribution >= 4 is 5.91 Å². The predicted octanol–water partition coefficient (Wildman–Crippen LogP) is 3.66. The zero-order valence-corrected chi connectivity index (χ0v) is 15.8. The van der Waals surface area contributed by atoms with Gasteiger partial charge in [0.15, 0.2) is 11.5 Å². The summed E-state index contributed by atoms with van der Waals surface area (Å²) in [6, 6.07) is 5.42. The smallest absolute Gasteiger partial charge is 0.273 e. The van der Waals surface area contributed by atoms with Crippen molar-refractivity contribution in [2.75, 3.05) is 19.6 Å². The van der Waals surface area contributed by atoms with Gasteiger partial charge in [0, 0.05) is 36.1 Å². The number of likely N-dealkylation sites (tertiary alicyclic amines) is 1. The van der Waals surface area contributed by atoms with Crippen LogP contribution in [0.3, 0.4) is 0 Å². The van der Waals surface area contributed by atoms with Crippen LogP contribution in [0.25, 0.3) is 11.3 Å². The van der Waals surface area contributed by atoms with Gasteiger partial charge in [-0.25, -0.2) is 0 Å². The molecule has 1 amide bonds. The molecule has 0 unspecified atom stereocenters. The lowest BCUT2D eigenvalue weighted by molar-refractivity contribution is 0.0325. The first-order valence-corrected chi connectivity index (χ1v) is 10.2. The number of pyridine rings is 1. The summed E-state index contributed by atoms with van der Waals surface area (Å²) in [6.07, 6.45) is 13.4. The molecule has 6 nitrogen and oxygen atoms in total. The van der Waals surface area contributed by atoms with E-state index in [4.69, 9.17) is 4.52 Å². The minimum atomic E-state index is -0.157. The Balaban J connectivity index is 1.43. The third-order valence-corrected chi connectivity index (χ3v) is 6.08. The highest BCUT2D eigenvalue weighted by Crippen LogP contribution is 2.35. The number of aromatic nitrogens is 2. The van der Waals surface area contributed by atoms with Crippen molar-refractivity contribution in [3.63, 3.8) is 0 Å². The SMILES string of the molecule is O=C(NCC1(N2CCCCC2)CCCCC1)c1cc(-c2cccnc2)on1.